The summed E-state index contributed by atoms with van der Waals surface area (Å²) in [6, 6.07) is 177. The van der Waals surface area contributed by atoms with Gasteiger partial charge in [0, 0.05) is 76.2 Å². The Labute approximate surface area is 693 Å². The van der Waals surface area contributed by atoms with Crippen LogP contribution in [0.1, 0.15) is 0 Å². The summed E-state index contributed by atoms with van der Waals surface area (Å²) in [7, 11) is -4.85. The molecular weight excluding hydrogens is 1640 g/mol. The number of nitrogens with zero attached hydrogens (tertiary/aromatic N) is 2. The Morgan fingerprint density at radius 2 is 0.296 bits per heavy atom. The first kappa shape index (κ1) is 75.6. The van der Waals surface area contributed by atoms with Crippen LogP contribution in [0.3, 0.4) is 0 Å². The average Bonchev–Trinajstić information content (AvgIpc) is 1.58. The number of para-hydroxylation sites is 4. The first-order valence-electron chi connectivity index (χ1n) is 39.1. The van der Waals surface area contributed by atoms with Gasteiger partial charge in [-0.2, -0.15) is 0 Å². The molecule has 0 atom stereocenters. The van der Waals surface area contributed by atoms with Crippen LogP contribution in [0.2, 0.25) is 0 Å². The SMILES string of the molecule is [Pt].c1ccc([PH+](c2ccccc2)c2ccccc2-c2ccccc2[PH+](c2ccccc2)c2ccccc2)cc1.c1ccc([PH+](c2ccccc2)c2ccccc2-c2ccccc2[PH+](c2ccccc2)c2ccccc2)cc1.c1ccc2c(c1)c1ccccc1n2-c1ccc(-c2ccc(-n3c4ccccc4c4ccccc43)cc2)cc1. The van der Waals surface area contributed by atoms with Crippen LogP contribution in [0.5, 0.6) is 0 Å². The van der Waals surface area contributed by atoms with E-state index < -0.39 is 31.7 Å². The van der Waals surface area contributed by atoms with Gasteiger partial charge >= 0.3 is 0 Å². The van der Waals surface area contributed by atoms with Crippen molar-refractivity contribution in [2.24, 2.45) is 0 Å². The van der Waals surface area contributed by atoms with E-state index in [2.05, 4.69) is 494 Å². The summed E-state index contributed by atoms with van der Waals surface area (Å²) < 4.78 is 4.72. The van der Waals surface area contributed by atoms with E-state index in [1.54, 1.807) is 0 Å². The van der Waals surface area contributed by atoms with Gasteiger partial charge in [0.05, 0.1) is 53.8 Å². The predicted octanol–water partition coefficient (Wildman–Crippen LogP) is 22.2. The minimum Gasteiger partial charge on any atom is -0.309 e. The van der Waals surface area contributed by atoms with Crippen molar-refractivity contribution in [1.29, 1.82) is 0 Å². The summed E-state index contributed by atoms with van der Waals surface area (Å²) in [6.07, 6.45) is 0. The molecule has 20 rings (SSSR count). The third kappa shape index (κ3) is 16.1. The summed E-state index contributed by atoms with van der Waals surface area (Å²) in [6.45, 7) is 0. The molecule has 0 spiro atoms. The zero-order chi connectivity index (χ0) is 76.2. The molecule has 115 heavy (non-hydrogen) atoms. The van der Waals surface area contributed by atoms with Crippen molar-refractivity contribution in [2.75, 3.05) is 0 Å². The van der Waals surface area contributed by atoms with Crippen LogP contribution in [0.4, 0.5) is 0 Å². The van der Waals surface area contributed by atoms with Crippen molar-refractivity contribution in [1.82, 2.24) is 9.13 Å². The smallest absolute Gasteiger partial charge is 0.110 e. The summed E-state index contributed by atoms with van der Waals surface area (Å²) in [5.74, 6) is 0. The molecule has 0 unspecified atom stereocenters. The first-order chi connectivity index (χ1) is 56.7. The Morgan fingerprint density at radius 3 is 0.487 bits per heavy atom. The predicted molar refractivity (Wildman–Crippen MR) is 505 cm³/mol. The molecule has 0 fully saturated rings. The summed E-state index contributed by atoms with van der Waals surface area (Å²) in [5.41, 5.74) is 15.1. The molecular formula is C108H84N2P4Pt+4. The van der Waals surface area contributed by atoms with Gasteiger partial charge in [0.25, 0.3) is 0 Å². The summed E-state index contributed by atoms with van der Waals surface area (Å²) >= 11 is 0. The second-order valence-corrected chi connectivity index (χ2v) is 38.2. The van der Waals surface area contributed by atoms with Crippen LogP contribution >= 0.6 is 31.7 Å². The van der Waals surface area contributed by atoms with E-state index in [4.69, 9.17) is 0 Å². The topological polar surface area (TPSA) is 9.86 Å². The Hall–Kier alpha value is -12.0. The van der Waals surface area contributed by atoms with E-state index in [9.17, 15) is 0 Å². The summed E-state index contributed by atoms with van der Waals surface area (Å²) in [4.78, 5) is 0. The van der Waals surface area contributed by atoms with E-state index in [0.29, 0.717) is 0 Å². The van der Waals surface area contributed by atoms with Gasteiger partial charge < -0.3 is 9.13 Å². The molecule has 0 saturated heterocycles. The number of aromatic nitrogens is 2. The van der Waals surface area contributed by atoms with Crippen molar-refractivity contribution in [2.45, 2.75) is 0 Å². The van der Waals surface area contributed by atoms with Crippen LogP contribution < -0.4 is 63.7 Å². The maximum Gasteiger partial charge on any atom is 0.110 e. The van der Waals surface area contributed by atoms with E-state index in [-0.39, 0.29) is 21.1 Å². The Bertz CT molecular complexity index is 5670. The standard InChI is InChI=1S/C36H24N2.2C36H28P2.Pt/c1-5-13-33-29(9-1)30-10-2-6-14-34(30)37(33)27-21-17-25(18-22-27)26-19-23-28(24-20-26)38-35-15-7-3-11-31(35)32-12-4-8-16-36(32)38;2*1-5-17-29(18-6-1)37(30-19-7-2-8-20-30)35-27-15-13-25-33(35)34-26-14-16-28-36(34)38(31-21-9-3-10-22-31)32-23-11-4-12-24-32;/h1-24H;2*1-28H;/p+4. The molecule has 0 aliphatic heterocycles. The fourth-order valence-corrected chi connectivity index (χ4v) is 27.5. The van der Waals surface area contributed by atoms with Crippen molar-refractivity contribution in [3.8, 4) is 44.8 Å². The third-order valence-corrected chi connectivity index (χ3v) is 32.8. The van der Waals surface area contributed by atoms with E-state index >= 15 is 0 Å². The van der Waals surface area contributed by atoms with Crippen molar-refractivity contribution >= 4 is 139 Å². The molecule has 0 N–H and O–H groups in total. The average molecular weight is 1730 g/mol. The number of hydrogen-bond donors (Lipinski definition) is 0. The number of rotatable bonds is 17. The van der Waals surface area contributed by atoms with Gasteiger partial charge in [-0.1, -0.05) is 315 Å². The van der Waals surface area contributed by atoms with Gasteiger partial charge in [-0.25, -0.2) is 0 Å². The maximum absolute atomic E-state index is 2.36. The normalized spacial score (nSPS) is 11.2. The van der Waals surface area contributed by atoms with E-state index in [1.165, 1.54) is 152 Å². The largest absolute Gasteiger partial charge is 0.309 e. The Balaban J connectivity index is 0.000000124. The molecule has 18 aromatic carbocycles. The summed E-state index contributed by atoms with van der Waals surface area (Å²) in [5, 5.41) is 22.1. The van der Waals surface area contributed by atoms with Crippen molar-refractivity contribution in [3.05, 3.63) is 485 Å². The minimum absolute atomic E-state index is 0. The molecule has 20 aromatic rings. The van der Waals surface area contributed by atoms with Gasteiger partial charge in [-0.05, 0) is 181 Å². The number of hydrogen-bond acceptors (Lipinski definition) is 0. The van der Waals surface area contributed by atoms with Crippen molar-refractivity contribution < 1.29 is 21.1 Å². The Kier molecular flexibility index (Phi) is 23.7. The van der Waals surface area contributed by atoms with Crippen LogP contribution in [0.15, 0.2) is 485 Å². The Morgan fingerprint density at radius 1 is 0.139 bits per heavy atom. The zero-order valence-corrected chi connectivity index (χ0v) is 69.7. The molecule has 0 aliphatic rings. The second kappa shape index (κ2) is 36.0. The minimum atomic E-state index is -1.21. The molecule has 552 valence electrons. The second-order valence-electron chi connectivity index (χ2n) is 28.4. The van der Waals surface area contributed by atoms with Gasteiger partial charge in [0.15, 0.2) is 0 Å². The van der Waals surface area contributed by atoms with Gasteiger partial charge in [0.2, 0.25) is 0 Å². The fourth-order valence-electron chi connectivity index (χ4n) is 16.5. The third-order valence-electron chi connectivity index (χ3n) is 21.6. The zero-order valence-electron chi connectivity index (χ0n) is 63.4. The van der Waals surface area contributed by atoms with E-state index in [1.807, 2.05) is 0 Å². The molecule has 0 aliphatic carbocycles. The van der Waals surface area contributed by atoms with Gasteiger partial charge in [0.1, 0.15) is 63.7 Å². The molecule has 2 nitrogen and oxygen atoms in total. The van der Waals surface area contributed by atoms with Crippen LogP contribution in [0.25, 0.3) is 88.4 Å². The molecule has 2 aromatic heterocycles. The number of fused-ring (bicyclic) bond motifs is 6. The van der Waals surface area contributed by atoms with Gasteiger partial charge in [-0.3, -0.25) is 0 Å². The number of benzene rings is 18. The molecule has 2 heterocycles. The molecule has 7 heteroatoms. The maximum atomic E-state index is 2.36. The molecule has 0 radical (unpaired) electrons. The quantitative estimate of drug-likeness (QED) is 0.0804. The molecule has 0 bridgehead atoms. The fraction of sp³-hybridized carbons (Fsp3) is 0. The van der Waals surface area contributed by atoms with Crippen LogP contribution in [-0.4, -0.2) is 9.13 Å². The van der Waals surface area contributed by atoms with E-state index in [0.717, 1.165) is 0 Å². The molecule has 0 saturated carbocycles. The van der Waals surface area contributed by atoms with Gasteiger partial charge in [-0.15, -0.1) is 0 Å². The van der Waals surface area contributed by atoms with Crippen molar-refractivity contribution in [3.63, 3.8) is 0 Å². The van der Waals surface area contributed by atoms with Crippen LogP contribution in [0, 0.1) is 0 Å². The molecule has 0 amide bonds. The monoisotopic (exact) mass is 1730 g/mol. The first-order valence-corrected chi connectivity index (χ1v) is 45.1. The van der Waals surface area contributed by atoms with Crippen LogP contribution in [-0.2, 0) is 21.1 Å².